The first kappa shape index (κ1) is 13.1. The molecule has 0 aliphatic rings. The Hall–Kier alpha value is -0.970. The molecule has 0 saturated heterocycles. The summed E-state index contributed by atoms with van der Waals surface area (Å²) >= 11 is 0. The van der Waals surface area contributed by atoms with Crippen LogP contribution >= 0.6 is 0 Å². The Bertz CT molecular complexity index is 286. The van der Waals surface area contributed by atoms with Crippen LogP contribution < -0.4 is 5.73 Å². The fourth-order valence-corrected chi connectivity index (χ4v) is 1.61. The van der Waals surface area contributed by atoms with Crippen molar-refractivity contribution in [2.75, 3.05) is 40.8 Å². The van der Waals surface area contributed by atoms with Gasteiger partial charge in [0.25, 0.3) is 0 Å². The minimum Gasteiger partial charge on any atom is -0.329 e. The van der Waals surface area contributed by atoms with Gasteiger partial charge in [0.15, 0.2) is 0 Å². The average molecular weight is 222 g/mol. The third-order valence-electron chi connectivity index (χ3n) is 2.68. The first-order valence-electron chi connectivity index (χ1n) is 5.61. The van der Waals surface area contributed by atoms with Crippen LogP contribution in [0.15, 0.2) is 24.4 Å². The van der Waals surface area contributed by atoms with E-state index in [0.717, 1.165) is 18.8 Å². The van der Waals surface area contributed by atoms with E-state index in [4.69, 9.17) is 5.73 Å². The number of rotatable bonds is 6. The SMILES string of the molecule is CN(C)CCN(C)C(CN)c1ccccn1. The van der Waals surface area contributed by atoms with E-state index >= 15 is 0 Å². The maximum absolute atomic E-state index is 5.82. The van der Waals surface area contributed by atoms with Gasteiger partial charge in [-0.05, 0) is 33.3 Å². The van der Waals surface area contributed by atoms with E-state index in [2.05, 4.69) is 35.9 Å². The van der Waals surface area contributed by atoms with Crippen molar-refractivity contribution in [1.82, 2.24) is 14.8 Å². The number of nitrogens with two attached hydrogens (primary N) is 1. The predicted octanol–water partition coefficient (Wildman–Crippen LogP) is 0.575. The molecule has 0 aromatic carbocycles. The molecule has 0 bridgehead atoms. The third kappa shape index (κ3) is 3.89. The predicted molar refractivity (Wildman–Crippen MR) is 67.2 cm³/mol. The van der Waals surface area contributed by atoms with Crippen LogP contribution in [-0.4, -0.2) is 55.6 Å². The van der Waals surface area contributed by atoms with E-state index < -0.39 is 0 Å². The second-order valence-electron chi connectivity index (χ2n) is 4.29. The fourth-order valence-electron chi connectivity index (χ4n) is 1.61. The Morgan fingerprint density at radius 1 is 1.25 bits per heavy atom. The molecule has 1 aromatic rings. The lowest BCUT2D eigenvalue weighted by atomic mass is 10.1. The molecular formula is C12H22N4. The van der Waals surface area contributed by atoms with Crippen LogP contribution in [0.4, 0.5) is 0 Å². The van der Waals surface area contributed by atoms with E-state index in [9.17, 15) is 0 Å². The van der Waals surface area contributed by atoms with Crippen LogP contribution in [0, 0.1) is 0 Å². The van der Waals surface area contributed by atoms with Crippen molar-refractivity contribution in [1.29, 1.82) is 0 Å². The van der Waals surface area contributed by atoms with Crippen molar-refractivity contribution >= 4 is 0 Å². The zero-order valence-electron chi connectivity index (χ0n) is 10.4. The van der Waals surface area contributed by atoms with Gasteiger partial charge in [0.1, 0.15) is 0 Å². The van der Waals surface area contributed by atoms with Crippen LogP contribution in [0.3, 0.4) is 0 Å². The van der Waals surface area contributed by atoms with Gasteiger partial charge in [-0.15, -0.1) is 0 Å². The van der Waals surface area contributed by atoms with Gasteiger partial charge in [-0.2, -0.15) is 0 Å². The monoisotopic (exact) mass is 222 g/mol. The van der Waals surface area contributed by atoms with Crippen molar-refractivity contribution in [3.63, 3.8) is 0 Å². The Kier molecular flexibility index (Phi) is 5.38. The smallest absolute Gasteiger partial charge is 0.0642 e. The molecule has 1 atom stereocenters. The summed E-state index contributed by atoms with van der Waals surface area (Å²) < 4.78 is 0. The van der Waals surface area contributed by atoms with E-state index in [-0.39, 0.29) is 6.04 Å². The van der Waals surface area contributed by atoms with E-state index in [1.807, 2.05) is 24.4 Å². The molecule has 0 aliphatic heterocycles. The molecule has 1 unspecified atom stereocenters. The number of aromatic nitrogens is 1. The lowest BCUT2D eigenvalue weighted by molar-refractivity contribution is 0.219. The molecular weight excluding hydrogens is 200 g/mol. The molecule has 0 radical (unpaired) electrons. The molecule has 0 aliphatic carbocycles. The summed E-state index contributed by atoms with van der Waals surface area (Å²) in [5.41, 5.74) is 6.86. The van der Waals surface area contributed by atoms with Gasteiger partial charge < -0.3 is 10.6 Å². The molecule has 0 saturated carbocycles. The standard InChI is InChI=1S/C12H22N4/c1-15(2)8-9-16(3)12(10-13)11-6-4-5-7-14-11/h4-7,12H,8-10,13H2,1-3H3. The molecule has 4 heteroatoms. The summed E-state index contributed by atoms with van der Waals surface area (Å²) in [4.78, 5) is 8.78. The largest absolute Gasteiger partial charge is 0.329 e. The Morgan fingerprint density at radius 3 is 2.50 bits per heavy atom. The maximum atomic E-state index is 5.82. The normalized spacial score (nSPS) is 13.4. The maximum Gasteiger partial charge on any atom is 0.0642 e. The molecule has 1 heterocycles. The van der Waals surface area contributed by atoms with Gasteiger partial charge in [0, 0.05) is 25.8 Å². The number of hydrogen-bond acceptors (Lipinski definition) is 4. The lowest BCUT2D eigenvalue weighted by Gasteiger charge is -2.27. The van der Waals surface area contributed by atoms with Gasteiger partial charge >= 0.3 is 0 Å². The van der Waals surface area contributed by atoms with Crippen LogP contribution in [0.25, 0.3) is 0 Å². The highest BCUT2D eigenvalue weighted by molar-refractivity contribution is 5.09. The third-order valence-corrected chi connectivity index (χ3v) is 2.68. The number of pyridine rings is 1. The molecule has 0 fully saturated rings. The first-order chi connectivity index (χ1) is 7.65. The number of nitrogens with zero attached hydrogens (tertiary/aromatic N) is 3. The highest BCUT2D eigenvalue weighted by Crippen LogP contribution is 2.14. The summed E-state index contributed by atoms with van der Waals surface area (Å²) in [5.74, 6) is 0. The molecule has 90 valence electrons. The van der Waals surface area contributed by atoms with E-state index in [1.54, 1.807) is 0 Å². The van der Waals surface area contributed by atoms with Gasteiger partial charge in [-0.1, -0.05) is 6.07 Å². The Morgan fingerprint density at radius 2 is 2.00 bits per heavy atom. The van der Waals surface area contributed by atoms with Crippen molar-refractivity contribution < 1.29 is 0 Å². The summed E-state index contributed by atoms with van der Waals surface area (Å²) in [6.45, 7) is 2.62. The van der Waals surface area contributed by atoms with Crippen LogP contribution in [0.5, 0.6) is 0 Å². The minimum absolute atomic E-state index is 0.209. The second-order valence-corrected chi connectivity index (χ2v) is 4.29. The second kappa shape index (κ2) is 6.58. The Balaban J connectivity index is 2.60. The van der Waals surface area contributed by atoms with Crippen LogP contribution in [0.2, 0.25) is 0 Å². The van der Waals surface area contributed by atoms with E-state index in [1.165, 1.54) is 0 Å². The summed E-state index contributed by atoms with van der Waals surface area (Å²) in [7, 11) is 6.24. The molecule has 1 aromatic heterocycles. The van der Waals surface area contributed by atoms with Crippen LogP contribution in [-0.2, 0) is 0 Å². The van der Waals surface area contributed by atoms with Crippen molar-refractivity contribution in [2.45, 2.75) is 6.04 Å². The number of hydrogen-bond donors (Lipinski definition) is 1. The highest BCUT2D eigenvalue weighted by atomic mass is 15.2. The zero-order chi connectivity index (χ0) is 12.0. The van der Waals surface area contributed by atoms with E-state index in [0.29, 0.717) is 6.54 Å². The quantitative estimate of drug-likeness (QED) is 0.764. The van der Waals surface area contributed by atoms with Crippen molar-refractivity contribution in [3.8, 4) is 0 Å². The fraction of sp³-hybridized carbons (Fsp3) is 0.583. The van der Waals surface area contributed by atoms with Gasteiger partial charge in [0.05, 0.1) is 11.7 Å². The molecule has 0 amide bonds. The Labute approximate surface area is 98.1 Å². The summed E-state index contributed by atoms with van der Waals surface area (Å²) in [5, 5.41) is 0. The summed E-state index contributed by atoms with van der Waals surface area (Å²) in [6, 6.07) is 6.17. The molecule has 16 heavy (non-hydrogen) atoms. The van der Waals surface area contributed by atoms with Crippen LogP contribution in [0.1, 0.15) is 11.7 Å². The molecule has 2 N–H and O–H groups in total. The first-order valence-corrected chi connectivity index (χ1v) is 5.61. The van der Waals surface area contributed by atoms with Crippen molar-refractivity contribution in [3.05, 3.63) is 30.1 Å². The zero-order valence-corrected chi connectivity index (χ0v) is 10.4. The van der Waals surface area contributed by atoms with Gasteiger partial charge in [-0.25, -0.2) is 0 Å². The lowest BCUT2D eigenvalue weighted by Crippen LogP contribution is -2.35. The molecule has 4 nitrogen and oxygen atoms in total. The molecule has 0 spiro atoms. The summed E-state index contributed by atoms with van der Waals surface area (Å²) in [6.07, 6.45) is 1.82. The van der Waals surface area contributed by atoms with Gasteiger partial charge in [-0.3, -0.25) is 9.88 Å². The topological polar surface area (TPSA) is 45.4 Å². The minimum atomic E-state index is 0.209. The average Bonchev–Trinajstić information content (AvgIpc) is 2.29. The van der Waals surface area contributed by atoms with Gasteiger partial charge in [0.2, 0.25) is 0 Å². The highest BCUT2D eigenvalue weighted by Gasteiger charge is 2.15. The van der Waals surface area contributed by atoms with Crippen molar-refractivity contribution in [2.24, 2.45) is 5.73 Å². The molecule has 1 rings (SSSR count). The number of likely N-dealkylation sites (N-methyl/N-ethyl adjacent to an activating group) is 2.